The summed E-state index contributed by atoms with van der Waals surface area (Å²) in [5.41, 5.74) is 0. The predicted molar refractivity (Wildman–Crippen MR) is 56.2 cm³/mol. The van der Waals surface area contributed by atoms with Crippen molar-refractivity contribution >= 4 is 28.8 Å². The largest absolute Gasteiger partial charge is 0.405 e. The molecule has 0 fully saturated rings. The van der Waals surface area contributed by atoms with Gasteiger partial charge in [-0.2, -0.15) is 0 Å². The lowest BCUT2D eigenvalue weighted by molar-refractivity contribution is 2.03. The highest BCUT2D eigenvalue weighted by atomic mass is 33.5. The molecule has 0 aliphatic heterocycles. The average Bonchev–Trinajstić information content (AvgIpc) is 2.60. The van der Waals surface area contributed by atoms with Crippen molar-refractivity contribution in [3.8, 4) is 0 Å². The molecule has 0 N–H and O–H groups in total. The van der Waals surface area contributed by atoms with Crippen molar-refractivity contribution in [2.24, 2.45) is 0 Å². The topological polar surface area (TPSA) is 0 Å². The monoisotopic (exact) mass is 200 g/mol. The van der Waals surface area contributed by atoms with Gasteiger partial charge in [-0.3, -0.25) is 0 Å². The van der Waals surface area contributed by atoms with Crippen LogP contribution in [-0.2, 0) is 0 Å². The Hall–Kier alpha value is -0.250. The lowest BCUT2D eigenvalue weighted by Crippen LogP contribution is -1.40. The van der Waals surface area contributed by atoms with Crippen LogP contribution >= 0.6 is 28.8 Å². The summed E-state index contributed by atoms with van der Waals surface area (Å²) < 4.78 is 0. The third kappa shape index (κ3) is 1.86. The maximum Gasteiger partial charge on any atom is 0.405 e. The van der Waals surface area contributed by atoms with Gasteiger partial charge in [-0.15, -0.1) is 0 Å². The quantitative estimate of drug-likeness (QED) is 0.518. The molecule has 3 heteroatoms. The SMILES string of the molecule is c1cc[s+](S[s+]2cccc2)c1. The van der Waals surface area contributed by atoms with E-state index >= 15 is 0 Å². The molecule has 0 aliphatic rings. The van der Waals surface area contributed by atoms with Crippen LogP contribution in [0.15, 0.2) is 45.8 Å². The van der Waals surface area contributed by atoms with Crippen molar-refractivity contribution in [3.63, 3.8) is 0 Å². The highest BCUT2D eigenvalue weighted by Gasteiger charge is 2.15. The summed E-state index contributed by atoms with van der Waals surface area (Å²) in [5, 5.41) is 9.05. The molecule has 0 saturated heterocycles. The third-order valence-electron chi connectivity index (χ3n) is 1.23. The molecular weight excluding hydrogens is 192 g/mol. The number of rotatable bonds is 2. The molecule has 0 nitrogen and oxygen atoms in total. The molecule has 0 aromatic carbocycles. The molecule has 0 atom stereocenters. The van der Waals surface area contributed by atoms with E-state index in [0.29, 0.717) is 19.0 Å². The molecule has 0 spiro atoms. The Morgan fingerprint density at radius 3 is 1.36 bits per heavy atom. The van der Waals surface area contributed by atoms with Gasteiger partial charge < -0.3 is 0 Å². The number of hydrogen-bond donors (Lipinski definition) is 0. The Kier molecular flexibility index (Phi) is 2.31. The summed E-state index contributed by atoms with van der Waals surface area (Å²) in [5.74, 6) is 0. The van der Waals surface area contributed by atoms with Gasteiger partial charge in [-0.1, -0.05) is 0 Å². The summed E-state index contributed by atoms with van der Waals surface area (Å²) in [6.45, 7) is 0. The minimum absolute atomic E-state index is 0.348. The Labute approximate surface area is 74.6 Å². The first kappa shape index (κ1) is 7.40. The molecule has 56 valence electrons. The zero-order valence-electron chi connectivity index (χ0n) is 5.84. The fraction of sp³-hybridized carbons (Fsp3) is 0. The van der Waals surface area contributed by atoms with Crippen LogP contribution in [0.25, 0.3) is 0 Å². The van der Waals surface area contributed by atoms with Gasteiger partial charge in [0.15, 0.2) is 21.5 Å². The summed E-state index contributed by atoms with van der Waals surface area (Å²) in [4.78, 5) is 0. The van der Waals surface area contributed by atoms with Gasteiger partial charge in [0.1, 0.15) is 19.0 Å². The fourth-order valence-corrected chi connectivity index (χ4v) is 7.41. The highest BCUT2D eigenvalue weighted by Crippen LogP contribution is 2.46. The zero-order valence-corrected chi connectivity index (χ0v) is 8.29. The van der Waals surface area contributed by atoms with E-state index in [9.17, 15) is 0 Å². The van der Waals surface area contributed by atoms with Crippen LogP contribution in [0.5, 0.6) is 0 Å². The molecule has 0 bridgehead atoms. The molecule has 2 heterocycles. The first-order valence-corrected chi connectivity index (χ1v) is 7.83. The Morgan fingerprint density at radius 1 is 0.636 bits per heavy atom. The summed E-state index contributed by atoms with van der Waals surface area (Å²) in [6, 6.07) is 8.51. The standard InChI is InChI=1S/C8H8S3/c1-2-6-10(5-1)9-11-7-3-4-8-11/h1-8H/q+2. The molecular formula is C8H8S3+2. The predicted octanol–water partition coefficient (Wildman–Crippen LogP) is 4.14. The summed E-state index contributed by atoms with van der Waals surface area (Å²) in [7, 11) is 2.72. The minimum atomic E-state index is 0.348. The van der Waals surface area contributed by atoms with Crippen molar-refractivity contribution in [2.45, 2.75) is 0 Å². The Bertz CT molecular complexity index is 262. The van der Waals surface area contributed by atoms with Gasteiger partial charge in [0.25, 0.3) is 0 Å². The van der Waals surface area contributed by atoms with E-state index < -0.39 is 0 Å². The normalized spacial score (nSPS) is 10.2. The van der Waals surface area contributed by atoms with Gasteiger partial charge in [-0.25, -0.2) is 0 Å². The summed E-state index contributed by atoms with van der Waals surface area (Å²) in [6.07, 6.45) is 0. The van der Waals surface area contributed by atoms with Gasteiger partial charge >= 0.3 is 9.83 Å². The average molecular weight is 200 g/mol. The maximum absolute atomic E-state index is 2.26. The fourth-order valence-electron chi connectivity index (χ4n) is 0.763. The minimum Gasteiger partial charge on any atom is -0.00384 e. The third-order valence-corrected chi connectivity index (χ3v) is 8.35. The second kappa shape index (κ2) is 3.43. The van der Waals surface area contributed by atoms with E-state index in [1.165, 1.54) is 0 Å². The number of thiophene rings is 2. The van der Waals surface area contributed by atoms with Gasteiger partial charge in [0, 0.05) is 0 Å². The van der Waals surface area contributed by atoms with Crippen LogP contribution in [-0.4, -0.2) is 0 Å². The second-order valence-corrected chi connectivity index (χ2v) is 8.52. The van der Waals surface area contributed by atoms with Crippen LogP contribution in [0.4, 0.5) is 0 Å². The van der Waals surface area contributed by atoms with Crippen LogP contribution in [0.1, 0.15) is 0 Å². The van der Waals surface area contributed by atoms with Crippen LogP contribution in [0.3, 0.4) is 0 Å². The van der Waals surface area contributed by atoms with Crippen molar-refractivity contribution in [2.75, 3.05) is 0 Å². The van der Waals surface area contributed by atoms with E-state index in [0.717, 1.165) is 0 Å². The first-order chi connectivity index (χ1) is 5.45. The van der Waals surface area contributed by atoms with Crippen molar-refractivity contribution in [1.82, 2.24) is 0 Å². The zero-order chi connectivity index (χ0) is 7.52. The smallest absolute Gasteiger partial charge is 0.00384 e. The molecule has 2 rings (SSSR count). The van der Waals surface area contributed by atoms with Gasteiger partial charge in [0.2, 0.25) is 0 Å². The molecule has 2 aromatic heterocycles. The van der Waals surface area contributed by atoms with E-state index in [4.69, 9.17) is 0 Å². The van der Waals surface area contributed by atoms with Gasteiger partial charge in [0.05, 0.1) is 0 Å². The first-order valence-electron chi connectivity index (χ1n) is 3.28. The van der Waals surface area contributed by atoms with Gasteiger partial charge in [-0.05, 0) is 24.3 Å². The maximum atomic E-state index is 2.26. The molecule has 0 radical (unpaired) electrons. The lowest BCUT2D eigenvalue weighted by atomic mass is 10.7. The summed E-state index contributed by atoms with van der Waals surface area (Å²) >= 11 is 0. The molecule has 2 aromatic rings. The second-order valence-electron chi connectivity index (χ2n) is 2.04. The molecule has 11 heavy (non-hydrogen) atoms. The Balaban J connectivity index is 2.14. The van der Waals surface area contributed by atoms with Crippen molar-refractivity contribution in [3.05, 3.63) is 45.8 Å². The Morgan fingerprint density at radius 2 is 1.00 bits per heavy atom. The molecule has 0 amide bonds. The van der Waals surface area contributed by atoms with Crippen LogP contribution in [0, 0.1) is 0 Å². The molecule has 0 saturated carbocycles. The van der Waals surface area contributed by atoms with Crippen molar-refractivity contribution < 1.29 is 0 Å². The van der Waals surface area contributed by atoms with Crippen LogP contribution in [0.2, 0.25) is 0 Å². The van der Waals surface area contributed by atoms with Crippen molar-refractivity contribution in [1.29, 1.82) is 0 Å². The van der Waals surface area contributed by atoms with E-state index in [1.807, 2.05) is 9.83 Å². The van der Waals surface area contributed by atoms with E-state index in [1.54, 1.807) is 0 Å². The van der Waals surface area contributed by atoms with E-state index in [2.05, 4.69) is 45.8 Å². The molecule has 0 unspecified atom stereocenters. The van der Waals surface area contributed by atoms with E-state index in [-0.39, 0.29) is 0 Å². The van der Waals surface area contributed by atoms with Crippen LogP contribution < -0.4 is 0 Å². The number of hydrogen-bond acceptors (Lipinski definition) is 1. The highest BCUT2D eigenvalue weighted by molar-refractivity contribution is 8.72. The lowest BCUT2D eigenvalue weighted by Gasteiger charge is -1.69. The molecule has 0 aliphatic carbocycles.